The van der Waals surface area contributed by atoms with Crippen molar-refractivity contribution in [2.45, 2.75) is 38.5 Å². The van der Waals surface area contributed by atoms with Crippen LogP contribution < -0.4 is 10.6 Å². The maximum absolute atomic E-state index is 13.9. The summed E-state index contributed by atoms with van der Waals surface area (Å²) in [5, 5.41) is 5.63. The third-order valence-corrected chi connectivity index (χ3v) is 11.7. The minimum absolute atomic E-state index is 0.275. The number of anilines is 2. The summed E-state index contributed by atoms with van der Waals surface area (Å²) in [6, 6.07) is 18.1. The fraction of sp³-hybridized carbons (Fsp3) is 0.143. The molecule has 2 amide bonds. The molecule has 0 unspecified atom stereocenters. The SMILES string of the molecule is O=C(Nc1nc2c(s1)-c1cccc(-c3cnco3)c1CCC2)c1c(F)cccc1F.O=Cc1cccc2c1CCCc1nc(NC(=O)c3c(F)cccc3F)sc1-2. The van der Waals surface area contributed by atoms with Gasteiger partial charge >= 0.3 is 0 Å². The van der Waals surface area contributed by atoms with Crippen molar-refractivity contribution < 1.29 is 36.4 Å². The molecule has 2 aliphatic rings. The number of aldehydes is 1. The lowest BCUT2D eigenvalue weighted by atomic mass is 9.96. The third-order valence-electron chi connectivity index (χ3n) is 9.60. The average molecular weight is 808 g/mol. The molecule has 0 saturated heterocycles. The maximum atomic E-state index is 13.9. The zero-order chi connectivity index (χ0) is 39.6. The van der Waals surface area contributed by atoms with Crippen molar-refractivity contribution in [2.24, 2.45) is 0 Å². The summed E-state index contributed by atoms with van der Waals surface area (Å²) >= 11 is 2.54. The van der Waals surface area contributed by atoms with Crippen LogP contribution in [0.4, 0.5) is 27.8 Å². The van der Waals surface area contributed by atoms with Gasteiger partial charge < -0.3 is 4.42 Å². The van der Waals surface area contributed by atoms with Gasteiger partial charge in [-0.25, -0.2) is 32.5 Å². The van der Waals surface area contributed by atoms with Gasteiger partial charge in [-0.1, -0.05) is 71.2 Å². The van der Waals surface area contributed by atoms with E-state index in [1.807, 2.05) is 30.3 Å². The molecule has 2 N–H and O–H groups in total. The van der Waals surface area contributed by atoms with Gasteiger partial charge in [-0.2, -0.15) is 0 Å². The Hall–Kier alpha value is -6.32. The Morgan fingerprint density at radius 3 is 1.61 bits per heavy atom. The Kier molecular flexibility index (Phi) is 10.6. The number of hydrogen-bond acceptors (Lipinski definition) is 9. The Morgan fingerprint density at radius 1 is 0.632 bits per heavy atom. The average Bonchev–Trinajstić information content (AvgIpc) is 3.91. The molecule has 3 heterocycles. The summed E-state index contributed by atoms with van der Waals surface area (Å²) in [5.41, 5.74) is 6.08. The highest BCUT2D eigenvalue weighted by Gasteiger charge is 2.26. The van der Waals surface area contributed by atoms with Gasteiger partial charge in [0.1, 0.15) is 40.7 Å². The number of amides is 2. The Bertz CT molecular complexity index is 2640. The lowest BCUT2D eigenvalue weighted by Crippen LogP contribution is -2.15. The van der Waals surface area contributed by atoms with E-state index < -0.39 is 46.2 Å². The number of aryl methyl sites for hydroxylation is 2. The molecule has 0 saturated carbocycles. The van der Waals surface area contributed by atoms with E-state index in [1.54, 1.807) is 12.3 Å². The fourth-order valence-electron chi connectivity index (χ4n) is 7.04. The van der Waals surface area contributed by atoms with Gasteiger partial charge in [0, 0.05) is 11.1 Å². The fourth-order valence-corrected chi connectivity index (χ4v) is 9.16. The maximum Gasteiger partial charge on any atom is 0.263 e. The van der Waals surface area contributed by atoms with Crippen molar-refractivity contribution in [3.05, 3.63) is 148 Å². The van der Waals surface area contributed by atoms with Crippen molar-refractivity contribution in [1.29, 1.82) is 0 Å². The molecule has 0 atom stereocenters. The first-order valence-electron chi connectivity index (χ1n) is 17.8. The molecule has 0 spiro atoms. The first-order valence-corrected chi connectivity index (χ1v) is 19.4. The molecule has 9 rings (SSSR count). The minimum Gasteiger partial charge on any atom is -0.444 e. The molecule has 15 heteroatoms. The van der Waals surface area contributed by atoms with E-state index in [0.29, 0.717) is 22.9 Å². The number of rotatable bonds is 6. The summed E-state index contributed by atoms with van der Waals surface area (Å²) in [5.74, 6) is -4.71. The third kappa shape index (κ3) is 7.50. The molecule has 9 nitrogen and oxygen atoms in total. The molecule has 0 bridgehead atoms. The monoisotopic (exact) mass is 807 g/mol. The predicted molar refractivity (Wildman–Crippen MR) is 209 cm³/mol. The van der Waals surface area contributed by atoms with Gasteiger partial charge in [-0.05, 0) is 85.0 Å². The van der Waals surface area contributed by atoms with Crippen molar-refractivity contribution >= 4 is 51.0 Å². The van der Waals surface area contributed by atoms with Crippen molar-refractivity contribution in [2.75, 3.05) is 10.6 Å². The second-order valence-corrected chi connectivity index (χ2v) is 15.1. The molecule has 4 aromatic carbocycles. The highest BCUT2D eigenvalue weighted by Crippen LogP contribution is 2.43. The number of benzene rings is 4. The quantitative estimate of drug-likeness (QED) is 0.127. The zero-order valence-corrected chi connectivity index (χ0v) is 31.3. The molecular formula is C42H29F4N5O4S2. The summed E-state index contributed by atoms with van der Waals surface area (Å²) < 4.78 is 61.0. The molecular weight excluding hydrogens is 779 g/mol. The predicted octanol–water partition coefficient (Wildman–Crippen LogP) is 10.1. The number of hydrogen-bond donors (Lipinski definition) is 2. The van der Waals surface area contributed by atoms with Crippen LogP contribution >= 0.6 is 22.7 Å². The molecule has 286 valence electrons. The lowest BCUT2D eigenvalue weighted by Gasteiger charge is -2.10. The summed E-state index contributed by atoms with van der Waals surface area (Å²) in [7, 11) is 0. The van der Waals surface area contributed by atoms with Crippen LogP contribution in [-0.4, -0.2) is 33.1 Å². The highest BCUT2D eigenvalue weighted by atomic mass is 32.1. The van der Waals surface area contributed by atoms with E-state index in [2.05, 4.69) is 25.6 Å². The second kappa shape index (κ2) is 16.0. The first-order chi connectivity index (χ1) is 27.7. The molecule has 3 aromatic heterocycles. The Morgan fingerprint density at radius 2 is 1.11 bits per heavy atom. The lowest BCUT2D eigenvalue weighted by molar-refractivity contribution is 0.101. The largest absolute Gasteiger partial charge is 0.444 e. The summed E-state index contributed by atoms with van der Waals surface area (Å²) in [6.45, 7) is 0. The Labute approximate surface area is 330 Å². The van der Waals surface area contributed by atoms with E-state index in [4.69, 9.17) is 4.42 Å². The van der Waals surface area contributed by atoms with E-state index in [-0.39, 0.29) is 5.13 Å². The molecule has 2 aliphatic carbocycles. The van der Waals surface area contributed by atoms with Crippen LogP contribution in [0, 0.1) is 23.3 Å². The van der Waals surface area contributed by atoms with Crippen LogP contribution in [0.5, 0.6) is 0 Å². The normalized spacial score (nSPS) is 12.7. The number of thiazole rings is 2. The molecule has 7 aromatic rings. The number of halogens is 4. The molecule has 0 fully saturated rings. The van der Waals surface area contributed by atoms with Crippen molar-refractivity contribution in [3.63, 3.8) is 0 Å². The number of aromatic nitrogens is 3. The van der Waals surface area contributed by atoms with Crippen LogP contribution in [-0.2, 0) is 25.7 Å². The highest BCUT2D eigenvalue weighted by molar-refractivity contribution is 7.19. The zero-order valence-electron chi connectivity index (χ0n) is 29.7. The van der Waals surface area contributed by atoms with Crippen LogP contribution in [0.25, 0.3) is 32.2 Å². The van der Waals surface area contributed by atoms with Gasteiger partial charge in [-0.15, -0.1) is 0 Å². The van der Waals surface area contributed by atoms with E-state index in [0.717, 1.165) is 112 Å². The van der Waals surface area contributed by atoms with Gasteiger partial charge in [0.25, 0.3) is 11.8 Å². The van der Waals surface area contributed by atoms with Gasteiger partial charge in [0.2, 0.25) is 0 Å². The summed E-state index contributed by atoms with van der Waals surface area (Å²) in [4.78, 5) is 50.9. The number of oxazole rings is 1. The van der Waals surface area contributed by atoms with Crippen LogP contribution in [0.15, 0.2) is 89.8 Å². The molecule has 0 radical (unpaired) electrons. The molecule has 57 heavy (non-hydrogen) atoms. The van der Waals surface area contributed by atoms with Crippen LogP contribution in [0.2, 0.25) is 0 Å². The van der Waals surface area contributed by atoms with E-state index in [1.165, 1.54) is 41.2 Å². The van der Waals surface area contributed by atoms with Crippen LogP contribution in [0.3, 0.4) is 0 Å². The summed E-state index contributed by atoms with van der Waals surface area (Å²) in [6.07, 6.45) is 8.69. The molecule has 0 aliphatic heterocycles. The van der Waals surface area contributed by atoms with Crippen molar-refractivity contribution in [1.82, 2.24) is 15.0 Å². The number of fused-ring (bicyclic) bond motifs is 6. The van der Waals surface area contributed by atoms with Crippen molar-refractivity contribution in [3.8, 4) is 32.2 Å². The van der Waals surface area contributed by atoms with Crippen LogP contribution in [0.1, 0.15) is 66.4 Å². The standard InChI is InChI=1S/C22H15F2N3O2S.C20H14F2N2O2S/c23-15-7-3-8-16(24)19(15)21(28)27-22-26-17-9-2-4-12-13(18-10-25-11-29-18)5-1-6-14(12)20(17)30-22;21-14-7-3-8-15(22)17(14)19(26)24-20-23-16-9-2-5-12-11(10-25)4-1-6-13(12)18(16)27-20/h1,3,5-8,10-11H,2,4,9H2,(H,26,27,28);1,3-4,6-8,10H,2,5,9H2,(H,23,24,26). The number of carbonyl (C=O) groups excluding carboxylic acids is 3. The number of nitrogens with one attached hydrogen (secondary N) is 2. The Balaban J connectivity index is 0.000000161. The second-order valence-electron chi connectivity index (χ2n) is 13.1. The smallest absolute Gasteiger partial charge is 0.263 e. The van der Waals surface area contributed by atoms with Gasteiger partial charge in [0.15, 0.2) is 22.4 Å². The number of nitrogens with zero attached hydrogens (tertiary/aromatic N) is 3. The first kappa shape index (κ1) is 37.6. The van der Waals surface area contributed by atoms with E-state index >= 15 is 0 Å². The topological polar surface area (TPSA) is 127 Å². The van der Waals surface area contributed by atoms with E-state index in [9.17, 15) is 31.9 Å². The number of carbonyl (C=O) groups is 3. The van der Waals surface area contributed by atoms with Gasteiger partial charge in [0.05, 0.1) is 27.3 Å². The van der Waals surface area contributed by atoms with Gasteiger partial charge in [-0.3, -0.25) is 25.0 Å². The minimum atomic E-state index is -0.924.